The Balaban J connectivity index is 2.72. The Morgan fingerprint density at radius 1 is 1.73 bits per heavy atom. The number of carbonyl (C=O) groups is 1. The number of Topliss-reactive ketones (excluding diaryl/α,β-unsaturated/α-hetero) is 1. The molecule has 0 fully saturated rings. The van der Waals surface area contributed by atoms with Crippen molar-refractivity contribution in [1.82, 2.24) is 4.57 Å². The van der Waals surface area contributed by atoms with Crippen LogP contribution < -0.4 is 4.87 Å². The van der Waals surface area contributed by atoms with Gasteiger partial charge >= 0.3 is 4.87 Å². The predicted octanol–water partition coefficient (Wildman–Crippen LogP) is 0.889. The third-order valence-electron chi connectivity index (χ3n) is 1.39. The molecule has 1 rings (SSSR count). The van der Waals surface area contributed by atoms with Crippen molar-refractivity contribution in [1.29, 1.82) is 0 Å². The number of nitrogens with zero attached hydrogens (tertiary/aromatic N) is 1. The lowest BCUT2D eigenvalue weighted by atomic mass is 10.3. The summed E-state index contributed by atoms with van der Waals surface area (Å²) in [5.41, 5.74) is 0. The molecular weight excluding hydrogens is 162 g/mol. The summed E-state index contributed by atoms with van der Waals surface area (Å²) in [6.45, 7) is 2.01. The second kappa shape index (κ2) is 3.48. The van der Waals surface area contributed by atoms with Gasteiger partial charge in [0.05, 0.1) is 6.54 Å². The summed E-state index contributed by atoms with van der Waals surface area (Å²) in [6.07, 6.45) is 2.13. The Bertz CT molecular complexity index is 299. The van der Waals surface area contributed by atoms with Crippen molar-refractivity contribution in [2.24, 2.45) is 0 Å². The molecule has 0 aromatic carbocycles. The fraction of sp³-hybridized carbons (Fsp3) is 0.429. The molecule has 0 aliphatic rings. The number of thiazole rings is 1. The Kier molecular flexibility index (Phi) is 2.59. The van der Waals surface area contributed by atoms with E-state index < -0.39 is 0 Å². The van der Waals surface area contributed by atoms with Gasteiger partial charge in [-0.3, -0.25) is 14.2 Å². The molecule has 3 nitrogen and oxygen atoms in total. The first-order chi connectivity index (χ1) is 5.24. The number of hydrogen-bond donors (Lipinski definition) is 0. The molecule has 1 heterocycles. The van der Waals surface area contributed by atoms with Crippen molar-refractivity contribution in [3.05, 3.63) is 21.2 Å². The Hall–Kier alpha value is -0.900. The minimum Gasteiger partial charge on any atom is -0.299 e. The first-order valence-electron chi connectivity index (χ1n) is 3.39. The average Bonchev–Trinajstić information content (AvgIpc) is 2.37. The van der Waals surface area contributed by atoms with Crippen LogP contribution in [0.4, 0.5) is 0 Å². The highest BCUT2D eigenvalue weighted by molar-refractivity contribution is 7.07. The molecule has 0 bridgehead atoms. The van der Waals surface area contributed by atoms with Gasteiger partial charge in [-0.05, 0) is 0 Å². The van der Waals surface area contributed by atoms with Crippen molar-refractivity contribution < 1.29 is 4.79 Å². The van der Waals surface area contributed by atoms with E-state index in [2.05, 4.69) is 0 Å². The molecule has 0 aliphatic carbocycles. The molecule has 0 atom stereocenters. The van der Waals surface area contributed by atoms with Crippen molar-refractivity contribution >= 4 is 17.1 Å². The van der Waals surface area contributed by atoms with E-state index in [1.54, 1.807) is 18.5 Å². The molecule has 1 aromatic heterocycles. The van der Waals surface area contributed by atoms with Gasteiger partial charge in [0, 0.05) is 18.0 Å². The number of aromatic nitrogens is 1. The maximum atomic E-state index is 10.9. The summed E-state index contributed by atoms with van der Waals surface area (Å²) in [6, 6.07) is 0. The van der Waals surface area contributed by atoms with Gasteiger partial charge in [0.25, 0.3) is 0 Å². The molecule has 0 amide bonds. The van der Waals surface area contributed by atoms with Gasteiger partial charge in [0.1, 0.15) is 0 Å². The van der Waals surface area contributed by atoms with Crippen molar-refractivity contribution in [2.45, 2.75) is 19.9 Å². The Morgan fingerprint density at radius 3 is 2.91 bits per heavy atom. The molecule has 0 N–H and O–H groups in total. The maximum absolute atomic E-state index is 10.9. The SMILES string of the molecule is CCC(=O)Cn1ccsc1=O. The number of carbonyl (C=O) groups excluding carboxylic acids is 1. The lowest BCUT2D eigenvalue weighted by Gasteiger charge is -1.95. The zero-order chi connectivity index (χ0) is 8.27. The smallest absolute Gasteiger partial charge is 0.299 e. The first kappa shape index (κ1) is 8.20. The van der Waals surface area contributed by atoms with Crippen LogP contribution in [0.1, 0.15) is 13.3 Å². The van der Waals surface area contributed by atoms with Crippen LogP contribution in [0.3, 0.4) is 0 Å². The number of rotatable bonds is 3. The van der Waals surface area contributed by atoms with Crippen LogP contribution in [0.15, 0.2) is 16.4 Å². The third kappa shape index (κ3) is 2.01. The van der Waals surface area contributed by atoms with E-state index in [-0.39, 0.29) is 17.2 Å². The van der Waals surface area contributed by atoms with E-state index in [1.807, 2.05) is 0 Å². The van der Waals surface area contributed by atoms with Crippen molar-refractivity contribution in [3.8, 4) is 0 Å². The zero-order valence-electron chi connectivity index (χ0n) is 6.24. The largest absolute Gasteiger partial charge is 0.307 e. The third-order valence-corrected chi connectivity index (χ3v) is 2.08. The van der Waals surface area contributed by atoms with E-state index in [4.69, 9.17) is 0 Å². The highest BCUT2D eigenvalue weighted by Gasteiger charge is 2.01. The fourth-order valence-corrected chi connectivity index (χ4v) is 1.29. The molecule has 0 unspecified atom stereocenters. The van der Waals surface area contributed by atoms with Crippen LogP contribution >= 0.6 is 11.3 Å². The monoisotopic (exact) mass is 171 g/mol. The van der Waals surface area contributed by atoms with Gasteiger partial charge in [-0.2, -0.15) is 0 Å². The molecule has 0 saturated carbocycles. The standard InChI is InChI=1S/C7H9NO2S/c1-2-6(9)5-8-3-4-11-7(8)10/h3-4H,2,5H2,1H3. The highest BCUT2D eigenvalue weighted by Crippen LogP contribution is 1.91. The van der Waals surface area contributed by atoms with Crippen LogP contribution in [0.25, 0.3) is 0 Å². The summed E-state index contributed by atoms with van der Waals surface area (Å²) < 4.78 is 1.43. The minimum atomic E-state index is -0.0631. The molecule has 60 valence electrons. The van der Waals surface area contributed by atoms with Crippen LogP contribution in [0.5, 0.6) is 0 Å². The summed E-state index contributed by atoms with van der Waals surface area (Å²) in [4.78, 5) is 21.7. The lowest BCUT2D eigenvalue weighted by molar-refractivity contribution is -0.119. The van der Waals surface area contributed by atoms with Crippen LogP contribution in [-0.2, 0) is 11.3 Å². The minimum absolute atomic E-state index is 0.0631. The van der Waals surface area contributed by atoms with Crippen LogP contribution in [-0.4, -0.2) is 10.4 Å². The van der Waals surface area contributed by atoms with E-state index in [0.29, 0.717) is 6.42 Å². The molecule has 1 aromatic rings. The van der Waals surface area contributed by atoms with Gasteiger partial charge < -0.3 is 0 Å². The number of ketones is 1. The van der Waals surface area contributed by atoms with E-state index >= 15 is 0 Å². The van der Waals surface area contributed by atoms with E-state index in [0.717, 1.165) is 11.3 Å². The average molecular weight is 171 g/mol. The molecule has 11 heavy (non-hydrogen) atoms. The van der Waals surface area contributed by atoms with Crippen molar-refractivity contribution in [3.63, 3.8) is 0 Å². The lowest BCUT2D eigenvalue weighted by Crippen LogP contribution is -2.17. The van der Waals surface area contributed by atoms with Crippen LogP contribution in [0.2, 0.25) is 0 Å². The molecule has 0 spiro atoms. The normalized spacial score (nSPS) is 9.91. The quantitative estimate of drug-likeness (QED) is 0.677. The predicted molar refractivity (Wildman–Crippen MR) is 43.9 cm³/mol. The number of hydrogen-bond acceptors (Lipinski definition) is 3. The Labute approximate surface area is 68.3 Å². The van der Waals surface area contributed by atoms with Gasteiger partial charge in [-0.15, -0.1) is 0 Å². The molecule has 4 heteroatoms. The summed E-state index contributed by atoms with van der Waals surface area (Å²) >= 11 is 1.11. The molecule has 0 aliphatic heterocycles. The van der Waals surface area contributed by atoms with E-state index in [1.165, 1.54) is 4.57 Å². The van der Waals surface area contributed by atoms with Gasteiger partial charge in [0.15, 0.2) is 5.78 Å². The molecular formula is C7H9NO2S. The summed E-state index contributed by atoms with van der Waals surface area (Å²) in [7, 11) is 0. The topological polar surface area (TPSA) is 39.1 Å². The highest BCUT2D eigenvalue weighted by atomic mass is 32.1. The molecule has 0 radical (unpaired) electrons. The van der Waals surface area contributed by atoms with Crippen molar-refractivity contribution in [2.75, 3.05) is 0 Å². The summed E-state index contributed by atoms with van der Waals surface area (Å²) in [5.74, 6) is 0.0884. The first-order valence-corrected chi connectivity index (χ1v) is 4.27. The summed E-state index contributed by atoms with van der Waals surface area (Å²) in [5, 5.41) is 1.69. The van der Waals surface area contributed by atoms with Gasteiger partial charge in [0.2, 0.25) is 0 Å². The maximum Gasteiger partial charge on any atom is 0.307 e. The second-order valence-corrected chi connectivity index (χ2v) is 3.05. The fourth-order valence-electron chi connectivity index (χ4n) is 0.710. The van der Waals surface area contributed by atoms with Gasteiger partial charge in [-0.25, -0.2) is 0 Å². The molecule has 0 saturated heterocycles. The van der Waals surface area contributed by atoms with Crippen LogP contribution in [0, 0.1) is 0 Å². The second-order valence-electron chi connectivity index (χ2n) is 2.19. The van der Waals surface area contributed by atoms with E-state index in [9.17, 15) is 9.59 Å². The van der Waals surface area contributed by atoms with Gasteiger partial charge in [-0.1, -0.05) is 18.3 Å². The Morgan fingerprint density at radius 2 is 2.45 bits per heavy atom. The zero-order valence-corrected chi connectivity index (χ0v) is 7.06.